The molecule has 19 heavy (non-hydrogen) atoms. The highest BCUT2D eigenvalue weighted by Crippen LogP contribution is 2.19. The molecular weight excluding hydrogens is 238 g/mol. The van der Waals surface area contributed by atoms with Gasteiger partial charge in [-0.15, -0.1) is 0 Å². The van der Waals surface area contributed by atoms with Crippen molar-refractivity contribution >= 4 is 0 Å². The summed E-state index contributed by atoms with van der Waals surface area (Å²) in [7, 11) is 0. The van der Waals surface area contributed by atoms with E-state index in [1.54, 1.807) is 0 Å². The van der Waals surface area contributed by atoms with Gasteiger partial charge in [-0.2, -0.15) is 5.10 Å². The third-order valence-electron chi connectivity index (χ3n) is 3.16. The van der Waals surface area contributed by atoms with Gasteiger partial charge < -0.3 is 10.5 Å². The van der Waals surface area contributed by atoms with Crippen molar-refractivity contribution in [3.05, 3.63) is 47.8 Å². The Kier molecular flexibility index (Phi) is 4.58. The van der Waals surface area contributed by atoms with Crippen LogP contribution < -0.4 is 10.5 Å². The Morgan fingerprint density at radius 3 is 2.58 bits per heavy atom. The van der Waals surface area contributed by atoms with Gasteiger partial charge in [0.05, 0.1) is 6.20 Å². The lowest BCUT2D eigenvalue weighted by Crippen LogP contribution is -2.08. The van der Waals surface area contributed by atoms with Crippen LogP contribution in [0.4, 0.5) is 0 Å². The molecule has 4 heteroatoms. The molecule has 0 bridgehead atoms. The number of nitrogens with two attached hydrogens (primary N) is 1. The lowest BCUT2D eigenvalue weighted by Gasteiger charge is -2.10. The van der Waals surface area contributed by atoms with E-state index in [1.165, 1.54) is 0 Å². The van der Waals surface area contributed by atoms with Gasteiger partial charge in [-0.3, -0.25) is 4.68 Å². The molecule has 2 rings (SSSR count). The number of nitrogens with zero attached hydrogens (tertiary/aromatic N) is 2. The molecular formula is C15H21N3O. The highest BCUT2D eigenvalue weighted by molar-refractivity contribution is 5.29. The van der Waals surface area contributed by atoms with E-state index in [4.69, 9.17) is 10.5 Å². The van der Waals surface area contributed by atoms with E-state index in [1.807, 2.05) is 41.3 Å². The van der Waals surface area contributed by atoms with E-state index in [-0.39, 0.29) is 6.04 Å². The smallest absolute Gasteiger partial charge is 0.119 e. The normalized spacial score (nSPS) is 12.4. The molecule has 0 aliphatic carbocycles. The van der Waals surface area contributed by atoms with Crippen LogP contribution in [0.5, 0.6) is 5.75 Å². The van der Waals surface area contributed by atoms with Crippen molar-refractivity contribution in [2.24, 2.45) is 5.73 Å². The molecule has 0 radical (unpaired) electrons. The van der Waals surface area contributed by atoms with Crippen LogP contribution in [0.3, 0.4) is 0 Å². The van der Waals surface area contributed by atoms with Gasteiger partial charge in [0.25, 0.3) is 0 Å². The predicted molar refractivity (Wildman–Crippen MR) is 75.9 cm³/mol. The predicted octanol–water partition coefficient (Wildman–Crippen LogP) is 2.89. The van der Waals surface area contributed by atoms with Crippen molar-refractivity contribution in [3.63, 3.8) is 0 Å². The van der Waals surface area contributed by atoms with Gasteiger partial charge >= 0.3 is 0 Å². The minimum absolute atomic E-state index is 0.108. The van der Waals surface area contributed by atoms with Gasteiger partial charge in [0.2, 0.25) is 0 Å². The number of ether oxygens (including phenoxy) is 1. The molecule has 0 amide bonds. The fourth-order valence-corrected chi connectivity index (χ4v) is 1.87. The number of benzene rings is 1. The summed E-state index contributed by atoms with van der Waals surface area (Å²) in [6.07, 6.45) is 4.78. The third kappa shape index (κ3) is 3.58. The first-order chi connectivity index (χ1) is 9.22. The zero-order chi connectivity index (χ0) is 13.7. The Hall–Kier alpha value is -1.81. The maximum Gasteiger partial charge on any atom is 0.119 e. The van der Waals surface area contributed by atoms with E-state index in [2.05, 4.69) is 18.9 Å². The van der Waals surface area contributed by atoms with Gasteiger partial charge in [-0.1, -0.05) is 19.1 Å². The fourth-order valence-electron chi connectivity index (χ4n) is 1.87. The standard InChI is InChI=1S/C15H21N3O/c1-3-15(16)13-5-7-14(8-6-13)19-11-12-9-17-18(4-2)10-12/h5-10,15H,3-4,11,16H2,1-2H3. The van der Waals surface area contributed by atoms with Gasteiger partial charge in [0.15, 0.2) is 0 Å². The van der Waals surface area contributed by atoms with Crippen molar-refractivity contribution in [3.8, 4) is 5.75 Å². The first kappa shape index (κ1) is 13.6. The van der Waals surface area contributed by atoms with Crippen LogP contribution in [0, 0.1) is 0 Å². The van der Waals surface area contributed by atoms with Crippen LogP contribution in [0.25, 0.3) is 0 Å². The Balaban J connectivity index is 1.92. The van der Waals surface area contributed by atoms with Crippen LogP contribution in [0.15, 0.2) is 36.7 Å². The average molecular weight is 259 g/mol. The van der Waals surface area contributed by atoms with E-state index in [0.717, 1.165) is 29.8 Å². The number of rotatable bonds is 6. The van der Waals surface area contributed by atoms with Gasteiger partial charge in [-0.05, 0) is 31.0 Å². The number of hydrogen-bond donors (Lipinski definition) is 1. The molecule has 1 aromatic heterocycles. The van der Waals surface area contributed by atoms with Crippen molar-refractivity contribution in [1.82, 2.24) is 9.78 Å². The molecule has 1 heterocycles. The highest BCUT2D eigenvalue weighted by Gasteiger charge is 2.03. The molecule has 0 saturated carbocycles. The van der Waals surface area contributed by atoms with Crippen LogP contribution in [0.1, 0.15) is 37.4 Å². The average Bonchev–Trinajstić information content (AvgIpc) is 2.93. The Morgan fingerprint density at radius 1 is 1.26 bits per heavy atom. The minimum atomic E-state index is 0.108. The largest absolute Gasteiger partial charge is 0.489 e. The van der Waals surface area contributed by atoms with E-state index in [9.17, 15) is 0 Å². The van der Waals surface area contributed by atoms with E-state index >= 15 is 0 Å². The van der Waals surface area contributed by atoms with Crippen molar-refractivity contribution in [2.45, 2.75) is 39.5 Å². The monoisotopic (exact) mass is 259 g/mol. The lowest BCUT2D eigenvalue weighted by molar-refractivity contribution is 0.306. The summed E-state index contributed by atoms with van der Waals surface area (Å²) in [6.45, 7) is 5.57. The maximum absolute atomic E-state index is 5.98. The summed E-state index contributed by atoms with van der Waals surface area (Å²) < 4.78 is 7.62. The van der Waals surface area contributed by atoms with Crippen LogP contribution >= 0.6 is 0 Å². The Morgan fingerprint density at radius 2 is 2.00 bits per heavy atom. The number of aromatic nitrogens is 2. The van der Waals surface area contributed by atoms with Crippen molar-refractivity contribution < 1.29 is 4.74 Å². The molecule has 0 fully saturated rings. The number of hydrogen-bond acceptors (Lipinski definition) is 3. The molecule has 2 aromatic rings. The molecule has 1 aromatic carbocycles. The lowest BCUT2D eigenvalue weighted by atomic mass is 10.1. The van der Waals surface area contributed by atoms with Crippen LogP contribution in [-0.2, 0) is 13.2 Å². The SMILES string of the molecule is CCC(N)c1ccc(OCc2cnn(CC)c2)cc1. The molecule has 0 saturated heterocycles. The second kappa shape index (κ2) is 6.38. The summed E-state index contributed by atoms with van der Waals surface area (Å²) in [4.78, 5) is 0. The number of aryl methyl sites for hydroxylation is 1. The second-order valence-corrected chi connectivity index (χ2v) is 4.58. The molecule has 1 atom stereocenters. The molecule has 4 nitrogen and oxygen atoms in total. The van der Waals surface area contributed by atoms with Crippen LogP contribution in [-0.4, -0.2) is 9.78 Å². The quantitative estimate of drug-likeness (QED) is 0.867. The molecule has 0 aliphatic heterocycles. The first-order valence-electron chi connectivity index (χ1n) is 6.72. The van der Waals surface area contributed by atoms with Crippen molar-refractivity contribution in [2.75, 3.05) is 0 Å². The van der Waals surface area contributed by atoms with Crippen molar-refractivity contribution in [1.29, 1.82) is 0 Å². The van der Waals surface area contributed by atoms with Gasteiger partial charge in [0.1, 0.15) is 12.4 Å². The van der Waals surface area contributed by atoms with E-state index in [0.29, 0.717) is 6.61 Å². The summed E-state index contributed by atoms with van der Waals surface area (Å²) in [5.74, 6) is 0.858. The molecule has 1 unspecified atom stereocenters. The summed E-state index contributed by atoms with van der Waals surface area (Å²) in [5.41, 5.74) is 8.20. The van der Waals surface area contributed by atoms with E-state index < -0.39 is 0 Å². The fraction of sp³-hybridized carbons (Fsp3) is 0.400. The zero-order valence-corrected chi connectivity index (χ0v) is 11.5. The van der Waals surface area contributed by atoms with Gasteiger partial charge in [-0.25, -0.2) is 0 Å². The first-order valence-corrected chi connectivity index (χ1v) is 6.72. The van der Waals surface area contributed by atoms with Crippen LogP contribution in [0.2, 0.25) is 0 Å². The summed E-state index contributed by atoms with van der Waals surface area (Å²) in [5, 5.41) is 4.22. The molecule has 0 aliphatic rings. The second-order valence-electron chi connectivity index (χ2n) is 4.58. The molecule has 2 N–H and O–H groups in total. The highest BCUT2D eigenvalue weighted by atomic mass is 16.5. The molecule has 0 spiro atoms. The topological polar surface area (TPSA) is 53.1 Å². The minimum Gasteiger partial charge on any atom is -0.489 e. The van der Waals surface area contributed by atoms with Gasteiger partial charge in [0, 0.05) is 24.3 Å². The zero-order valence-electron chi connectivity index (χ0n) is 11.5. The summed E-state index contributed by atoms with van der Waals surface area (Å²) in [6, 6.07) is 8.10. The third-order valence-corrected chi connectivity index (χ3v) is 3.16. The Bertz CT molecular complexity index is 504. The Labute approximate surface area is 114 Å². The maximum atomic E-state index is 5.98. The molecule has 102 valence electrons. The summed E-state index contributed by atoms with van der Waals surface area (Å²) >= 11 is 0.